The van der Waals surface area contributed by atoms with Gasteiger partial charge in [-0.25, -0.2) is 0 Å². The van der Waals surface area contributed by atoms with Crippen LogP contribution in [0.4, 0.5) is 0 Å². The fraction of sp³-hybridized carbons (Fsp3) is 0.857. The van der Waals surface area contributed by atoms with E-state index >= 15 is 0 Å². The Balaban J connectivity index is 3.39. The molecule has 0 aromatic carbocycles. The second-order valence-corrected chi connectivity index (χ2v) is 4.38. The summed E-state index contributed by atoms with van der Waals surface area (Å²) in [7, 11) is -0.776. The van der Waals surface area contributed by atoms with Crippen molar-refractivity contribution >= 4 is 16.7 Å². The number of carbonyl (C=O) groups is 1. The SMILES string of the molecule is CC(=O)NCCC(C)S(C)=O. The second kappa shape index (κ2) is 5.29. The van der Waals surface area contributed by atoms with Crippen LogP contribution in [0.5, 0.6) is 0 Å². The molecule has 0 aliphatic rings. The highest BCUT2D eigenvalue weighted by molar-refractivity contribution is 7.84. The number of carbonyl (C=O) groups excluding carboxylic acids is 1. The molecule has 11 heavy (non-hydrogen) atoms. The molecule has 0 aromatic rings. The van der Waals surface area contributed by atoms with Gasteiger partial charge >= 0.3 is 0 Å². The summed E-state index contributed by atoms with van der Waals surface area (Å²) in [6.45, 7) is 4.02. The van der Waals surface area contributed by atoms with Crippen LogP contribution in [0.15, 0.2) is 0 Å². The van der Waals surface area contributed by atoms with Gasteiger partial charge in [-0.05, 0) is 6.42 Å². The molecule has 0 spiro atoms. The van der Waals surface area contributed by atoms with E-state index in [9.17, 15) is 9.00 Å². The van der Waals surface area contributed by atoms with Gasteiger partial charge in [-0.1, -0.05) is 6.92 Å². The molecule has 3 nitrogen and oxygen atoms in total. The molecule has 0 bridgehead atoms. The van der Waals surface area contributed by atoms with E-state index in [1.807, 2.05) is 6.92 Å². The minimum Gasteiger partial charge on any atom is -0.356 e. The van der Waals surface area contributed by atoms with E-state index < -0.39 is 10.8 Å². The highest BCUT2D eigenvalue weighted by Gasteiger charge is 2.04. The number of hydrogen-bond donors (Lipinski definition) is 1. The standard InChI is InChI=1S/C7H15NO2S/c1-6(11(3)10)4-5-8-7(2)9/h6H,4-5H2,1-3H3,(H,8,9). The van der Waals surface area contributed by atoms with Gasteiger partial charge in [0, 0.05) is 35.8 Å². The third-order valence-corrected chi connectivity index (χ3v) is 2.86. The predicted molar refractivity (Wildman–Crippen MR) is 46.8 cm³/mol. The van der Waals surface area contributed by atoms with Crippen LogP contribution >= 0.6 is 0 Å². The Labute approximate surface area is 70.0 Å². The monoisotopic (exact) mass is 177 g/mol. The quantitative estimate of drug-likeness (QED) is 0.670. The highest BCUT2D eigenvalue weighted by atomic mass is 32.2. The number of amides is 1. The van der Waals surface area contributed by atoms with Crippen LogP contribution in [-0.2, 0) is 15.6 Å². The molecule has 1 N–H and O–H groups in total. The first-order chi connectivity index (χ1) is 5.04. The summed E-state index contributed by atoms with van der Waals surface area (Å²) in [6.07, 6.45) is 2.46. The van der Waals surface area contributed by atoms with Crippen molar-refractivity contribution in [2.45, 2.75) is 25.5 Å². The van der Waals surface area contributed by atoms with Gasteiger partial charge in [-0.2, -0.15) is 0 Å². The minimum absolute atomic E-state index is 0.0286. The Morgan fingerprint density at radius 2 is 2.18 bits per heavy atom. The molecule has 0 fully saturated rings. The van der Waals surface area contributed by atoms with Crippen molar-refractivity contribution in [2.24, 2.45) is 0 Å². The van der Waals surface area contributed by atoms with E-state index in [0.29, 0.717) is 6.54 Å². The molecule has 0 rings (SSSR count). The lowest BCUT2D eigenvalue weighted by Crippen LogP contribution is -2.24. The van der Waals surface area contributed by atoms with Gasteiger partial charge in [0.05, 0.1) is 0 Å². The summed E-state index contributed by atoms with van der Waals surface area (Å²) in [5.41, 5.74) is 0. The maximum absolute atomic E-state index is 10.8. The molecule has 0 aliphatic carbocycles. The first-order valence-electron chi connectivity index (χ1n) is 3.60. The molecular weight excluding hydrogens is 162 g/mol. The molecule has 0 aromatic heterocycles. The summed E-state index contributed by atoms with van der Waals surface area (Å²) >= 11 is 0. The van der Waals surface area contributed by atoms with Crippen LogP contribution in [0.1, 0.15) is 20.3 Å². The fourth-order valence-electron chi connectivity index (χ4n) is 0.617. The smallest absolute Gasteiger partial charge is 0.216 e. The summed E-state index contributed by atoms with van der Waals surface area (Å²) in [4.78, 5) is 10.4. The van der Waals surface area contributed by atoms with E-state index in [2.05, 4.69) is 5.32 Å². The Morgan fingerprint density at radius 1 is 1.64 bits per heavy atom. The molecule has 1 amide bonds. The summed E-state index contributed by atoms with van der Waals surface area (Å²) < 4.78 is 10.8. The lowest BCUT2D eigenvalue weighted by molar-refractivity contribution is -0.118. The summed E-state index contributed by atoms with van der Waals surface area (Å²) in [6, 6.07) is 0. The zero-order valence-electron chi connectivity index (χ0n) is 7.22. The average Bonchev–Trinajstić information content (AvgIpc) is 1.86. The molecule has 66 valence electrons. The predicted octanol–water partition coefficient (Wildman–Crippen LogP) is 0.280. The van der Waals surface area contributed by atoms with Gasteiger partial charge in [0.25, 0.3) is 0 Å². The van der Waals surface area contributed by atoms with Crippen molar-refractivity contribution in [3.63, 3.8) is 0 Å². The number of hydrogen-bond acceptors (Lipinski definition) is 2. The Bertz CT molecular complexity index is 159. The Morgan fingerprint density at radius 3 is 2.55 bits per heavy atom. The van der Waals surface area contributed by atoms with E-state index in [0.717, 1.165) is 6.42 Å². The minimum atomic E-state index is -0.776. The third kappa shape index (κ3) is 6.04. The molecule has 0 saturated carbocycles. The molecule has 4 heteroatoms. The van der Waals surface area contributed by atoms with Gasteiger partial charge in [0.2, 0.25) is 5.91 Å². The van der Waals surface area contributed by atoms with Crippen LogP contribution in [0, 0.1) is 0 Å². The van der Waals surface area contributed by atoms with Gasteiger partial charge in [0.1, 0.15) is 0 Å². The lowest BCUT2D eigenvalue weighted by atomic mass is 10.3. The Kier molecular flexibility index (Phi) is 5.11. The first kappa shape index (κ1) is 10.6. The molecule has 2 unspecified atom stereocenters. The third-order valence-electron chi connectivity index (χ3n) is 1.49. The van der Waals surface area contributed by atoms with Crippen LogP contribution in [0.3, 0.4) is 0 Å². The highest BCUT2D eigenvalue weighted by Crippen LogP contribution is 1.96. The van der Waals surface area contributed by atoms with Crippen molar-refractivity contribution in [3.05, 3.63) is 0 Å². The molecular formula is C7H15NO2S. The molecule has 2 atom stereocenters. The van der Waals surface area contributed by atoms with Crippen LogP contribution in [0.2, 0.25) is 0 Å². The van der Waals surface area contributed by atoms with Gasteiger partial charge < -0.3 is 5.32 Å². The van der Waals surface area contributed by atoms with E-state index in [1.165, 1.54) is 6.92 Å². The van der Waals surface area contributed by atoms with Crippen LogP contribution < -0.4 is 5.32 Å². The zero-order valence-corrected chi connectivity index (χ0v) is 8.03. The van der Waals surface area contributed by atoms with Gasteiger partial charge in [0.15, 0.2) is 0 Å². The molecule has 0 aliphatic heterocycles. The van der Waals surface area contributed by atoms with Crippen molar-refractivity contribution in [1.82, 2.24) is 5.32 Å². The summed E-state index contributed by atoms with van der Waals surface area (Å²) in [5.74, 6) is -0.0286. The summed E-state index contributed by atoms with van der Waals surface area (Å²) in [5, 5.41) is 2.83. The van der Waals surface area contributed by atoms with E-state index in [1.54, 1.807) is 6.26 Å². The number of nitrogens with one attached hydrogen (secondary N) is 1. The van der Waals surface area contributed by atoms with Gasteiger partial charge in [-0.3, -0.25) is 9.00 Å². The van der Waals surface area contributed by atoms with Crippen molar-refractivity contribution in [3.8, 4) is 0 Å². The zero-order chi connectivity index (χ0) is 8.85. The van der Waals surface area contributed by atoms with Crippen LogP contribution in [0.25, 0.3) is 0 Å². The van der Waals surface area contributed by atoms with E-state index in [-0.39, 0.29) is 11.2 Å². The molecule has 0 heterocycles. The first-order valence-corrected chi connectivity index (χ1v) is 5.23. The lowest BCUT2D eigenvalue weighted by Gasteiger charge is -2.07. The van der Waals surface area contributed by atoms with Crippen molar-refractivity contribution in [1.29, 1.82) is 0 Å². The normalized spacial score (nSPS) is 15.5. The largest absolute Gasteiger partial charge is 0.356 e. The maximum atomic E-state index is 10.8. The molecule has 0 saturated heterocycles. The van der Waals surface area contributed by atoms with Crippen LogP contribution in [-0.4, -0.2) is 28.2 Å². The van der Waals surface area contributed by atoms with Gasteiger partial charge in [-0.15, -0.1) is 0 Å². The average molecular weight is 177 g/mol. The Hall–Kier alpha value is -0.380. The van der Waals surface area contributed by atoms with E-state index in [4.69, 9.17) is 0 Å². The van der Waals surface area contributed by atoms with Crippen molar-refractivity contribution in [2.75, 3.05) is 12.8 Å². The second-order valence-electron chi connectivity index (χ2n) is 2.58. The topological polar surface area (TPSA) is 46.2 Å². The number of rotatable bonds is 4. The van der Waals surface area contributed by atoms with Crippen molar-refractivity contribution < 1.29 is 9.00 Å². The maximum Gasteiger partial charge on any atom is 0.216 e. The molecule has 0 radical (unpaired) electrons. The fourth-order valence-corrected chi connectivity index (χ4v) is 1.07.